The van der Waals surface area contributed by atoms with E-state index in [1.54, 1.807) is 47.4 Å². The van der Waals surface area contributed by atoms with Crippen molar-refractivity contribution in [3.63, 3.8) is 0 Å². The van der Waals surface area contributed by atoms with E-state index in [1.807, 2.05) is 34.9 Å². The van der Waals surface area contributed by atoms with Gasteiger partial charge >= 0.3 is 5.69 Å². The van der Waals surface area contributed by atoms with Crippen LogP contribution in [0.3, 0.4) is 0 Å². The van der Waals surface area contributed by atoms with Gasteiger partial charge in [-0.15, -0.1) is 10.2 Å². The molecule has 5 aromatic rings. The number of para-hydroxylation sites is 1. The second-order valence-electron chi connectivity index (χ2n) is 8.31. The number of carbonyl (C=O) groups is 1. The molecule has 2 aromatic carbocycles. The maximum absolute atomic E-state index is 13.5. The van der Waals surface area contributed by atoms with Gasteiger partial charge in [-0.1, -0.05) is 24.3 Å². The van der Waals surface area contributed by atoms with Crippen LogP contribution in [-0.2, 0) is 0 Å². The van der Waals surface area contributed by atoms with E-state index in [1.165, 1.54) is 0 Å². The number of fused-ring (bicyclic) bond motifs is 2. The topological polar surface area (TPSA) is 105 Å². The molecule has 0 saturated carbocycles. The van der Waals surface area contributed by atoms with Crippen LogP contribution >= 0.6 is 0 Å². The van der Waals surface area contributed by atoms with E-state index in [-0.39, 0.29) is 11.9 Å². The fourth-order valence-corrected chi connectivity index (χ4v) is 4.69. The SMILES string of the molecule is O=C(c1ccc2c(=O)n(-c3ccccc3)c(=O)[nH]c2c1)N1CCCC1c1nnc2ccccn12. The predicted molar refractivity (Wildman–Crippen MR) is 126 cm³/mol. The molecule has 1 aliphatic heterocycles. The molecular formula is C25H20N6O3. The molecule has 3 aromatic heterocycles. The highest BCUT2D eigenvalue weighted by Gasteiger charge is 2.34. The highest BCUT2D eigenvalue weighted by molar-refractivity contribution is 5.98. The summed E-state index contributed by atoms with van der Waals surface area (Å²) in [5.41, 5.74) is 0.962. The van der Waals surface area contributed by atoms with Crippen molar-refractivity contribution in [3.8, 4) is 5.69 Å². The van der Waals surface area contributed by atoms with E-state index in [9.17, 15) is 14.4 Å². The van der Waals surface area contributed by atoms with Crippen LogP contribution in [0.1, 0.15) is 35.1 Å². The average molecular weight is 452 g/mol. The molecule has 1 unspecified atom stereocenters. The normalized spacial score (nSPS) is 15.9. The van der Waals surface area contributed by atoms with Gasteiger partial charge in [-0.05, 0) is 55.3 Å². The zero-order valence-corrected chi connectivity index (χ0v) is 18.1. The number of aromatic nitrogens is 5. The summed E-state index contributed by atoms with van der Waals surface area (Å²) in [5.74, 6) is 0.548. The average Bonchev–Trinajstić information content (AvgIpc) is 3.51. The van der Waals surface area contributed by atoms with Gasteiger partial charge in [-0.3, -0.25) is 14.0 Å². The highest BCUT2D eigenvalue weighted by Crippen LogP contribution is 2.32. The zero-order chi connectivity index (χ0) is 23.2. The van der Waals surface area contributed by atoms with Gasteiger partial charge in [-0.25, -0.2) is 9.36 Å². The lowest BCUT2D eigenvalue weighted by Gasteiger charge is -2.23. The molecule has 1 N–H and O–H groups in total. The van der Waals surface area contributed by atoms with Gasteiger partial charge in [0.1, 0.15) is 0 Å². The third-order valence-electron chi connectivity index (χ3n) is 6.31. The minimum Gasteiger partial charge on any atom is -0.328 e. The molecule has 9 heteroatoms. The third-order valence-corrected chi connectivity index (χ3v) is 6.31. The third kappa shape index (κ3) is 3.13. The molecule has 1 saturated heterocycles. The van der Waals surface area contributed by atoms with Crippen LogP contribution < -0.4 is 11.2 Å². The van der Waals surface area contributed by atoms with E-state index in [0.717, 1.165) is 28.9 Å². The Balaban J connectivity index is 1.39. The number of hydrogen-bond acceptors (Lipinski definition) is 5. The molecule has 9 nitrogen and oxygen atoms in total. The number of carbonyl (C=O) groups excluding carboxylic acids is 1. The Hall–Kier alpha value is -4.53. The van der Waals surface area contributed by atoms with E-state index < -0.39 is 11.2 Å². The molecule has 0 radical (unpaired) electrons. The Morgan fingerprint density at radius 3 is 2.65 bits per heavy atom. The summed E-state index contributed by atoms with van der Waals surface area (Å²) in [6.45, 7) is 0.593. The first-order valence-corrected chi connectivity index (χ1v) is 11.1. The maximum Gasteiger partial charge on any atom is 0.333 e. The zero-order valence-electron chi connectivity index (χ0n) is 18.1. The van der Waals surface area contributed by atoms with Gasteiger partial charge in [-0.2, -0.15) is 0 Å². The van der Waals surface area contributed by atoms with Crippen molar-refractivity contribution in [2.24, 2.45) is 0 Å². The summed E-state index contributed by atoms with van der Waals surface area (Å²) in [4.78, 5) is 43.8. The molecule has 0 spiro atoms. The summed E-state index contributed by atoms with van der Waals surface area (Å²) in [5, 5.41) is 8.90. The van der Waals surface area contributed by atoms with Gasteiger partial charge in [0.25, 0.3) is 11.5 Å². The molecule has 168 valence electrons. The molecule has 1 fully saturated rings. The van der Waals surface area contributed by atoms with Crippen LogP contribution in [0, 0.1) is 0 Å². The number of pyridine rings is 1. The Bertz CT molecular complexity index is 1670. The Morgan fingerprint density at radius 2 is 1.79 bits per heavy atom. The summed E-state index contributed by atoms with van der Waals surface area (Å²) in [7, 11) is 0. The second-order valence-corrected chi connectivity index (χ2v) is 8.31. The number of aromatic amines is 1. The number of H-pyrrole nitrogens is 1. The van der Waals surface area contributed by atoms with Crippen molar-refractivity contribution in [1.29, 1.82) is 0 Å². The lowest BCUT2D eigenvalue weighted by Crippen LogP contribution is -2.34. The Labute approximate surface area is 192 Å². The summed E-state index contributed by atoms with van der Waals surface area (Å²) in [6, 6.07) is 19.0. The van der Waals surface area contributed by atoms with Gasteiger partial charge in [0.05, 0.1) is 22.6 Å². The number of hydrogen-bond donors (Lipinski definition) is 1. The summed E-state index contributed by atoms with van der Waals surface area (Å²) < 4.78 is 3.00. The largest absolute Gasteiger partial charge is 0.333 e. The van der Waals surface area contributed by atoms with Crippen molar-refractivity contribution >= 4 is 22.5 Å². The molecule has 1 amide bonds. The monoisotopic (exact) mass is 452 g/mol. The second kappa shape index (κ2) is 7.80. The first kappa shape index (κ1) is 20.1. The fourth-order valence-electron chi connectivity index (χ4n) is 4.69. The van der Waals surface area contributed by atoms with E-state index >= 15 is 0 Å². The van der Waals surface area contributed by atoms with E-state index in [0.29, 0.717) is 28.7 Å². The van der Waals surface area contributed by atoms with Crippen LogP contribution in [0.25, 0.3) is 22.2 Å². The summed E-state index contributed by atoms with van der Waals surface area (Å²) in [6.07, 6.45) is 3.53. The van der Waals surface area contributed by atoms with Crippen molar-refractivity contribution in [1.82, 2.24) is 29.0 Å². The minimum atomic E-state index is -0.553. The van der Waals surface area contributed by atoms with Crippen LogP contribution in [0.4, 0.5) is 0 Å². The lowest BCUT2D eigenvalue weighted by molar-refractivity contribution is 0.0729. The van der Waals surface area contributed by atoms with Gasteiger partial charge < -0.3 is 9.88 Å². The molecule has 0 bridgehead atoms. The molecule has 1 aliphatic rings. The van der Waals surface area contributed by atoms with Crippen molar-refractivity contribution in [2.45, 2.75) is 18.9 Å². The van der Waals surface area contributed by atoms with E-state index in [4.69, 9.17) is 0 Å². The molecule has 6 rings (SSSR count). The molecule has 0 aliphatic carbocycles. The Morgan fingerprint density at radius 1 is 0.971 bits per heavy atom. The first-order chi connectivity index (χ1) is 16.6. The maximum atomic E-state index is 13.5. The Kier molecular flexibility index (Phi) is 4.61. The smallest absolute Gasteiger partial charge is 0.328 e. The summed E-state index contributed by atoms with van der Waals surface area (Å²) >= 11 is 0. The van der Waals surface area contributed by atoms with Crippen LogP contribution in [0.5, 0.6) is 0 Å². The first-order valence-electron chi connectivity index (χ1n) is 11.1. The van der Waals surface area contributed by atoms with Gasteiger partial charge in [0, 0.05) is 18.3 Å². The standard InChI is InChI=1S/C25H20N6O3/c32-23(29-14-6-9-20(29)22-28-27-21-10-4-5-13-30(21)22)16-11-12-18-19(15-16)26-25(34)31(24(18)33)17-7-2-1-3-8-17/h1-5,7-8,10-13,15,20H,6,9,14H2,(H,26,34). The quantitative estimate of drug-likeness (QED) is 0.453. The van der Waals surface area contributed by atoms with Crippen molar-refractivity contribution in [2.75, 3.05) is 6.54 Å². The fraction of sp³-hybridized carbons (Fsp3) is 0.160. The number of amides is 1. The number of likely N-dealkylation sites (tertiary alicyclic amines) is 1. The van der Waals surface area contributed by atoms with E-state index in [2.05, 4.69) is 15.2 Å². The minimum absolute atomic E-state index is 0.176. The van der Waals surface area contributed by atoms with Gasteiger partial charge in [0.15, 0.2) is 11.5 Å². The van der Waals surface area contributed by atoms with Crippen LogP contribution in [-0.4, -0.2) is 41.5 Å². The van der Waals surface area contributed by atoms with Crippen molar-refractivity contribution in [3.05, 3.63) is 105 Å². The lowest BCUT2D eigenvalue weighted by atomic mass is 10.1. The molecule has 34 heavy (non-hydrogen) atoms. The number of benzene rings is 2. The molecule has 1 atom stereocenters. The highest BCUT2D eigenvalue weighted by atomic mass is 16.2. The van der Waals surface area contributed by atoms with Gasteiger partial charge in [0.2, 0.25) is 0 Å². The number of nitrogens with one attached hydrogen (secondary N) is 1. The van der Waals surface area contributed by atoms with Crippen LogP contribution in [0.15, 0.2) is 82.5 Å². The van der Waals surface area contributed by atoms with Crippen LogP contribution in [0.2, 0.25) is 0 Å². The molecule has 4 heterocycles. The molecular weight excluding hydrogens is 432 g/mol. The number of nitrogens with zero attached hydrogens (tertiary/aromatic N) is 5. The van der Waals surface area contributed by atoms with Crippen molar-refractivity contribution < 1.29 is 4.79 Å². The number of rotatable bonds is 3. The predicted octanol–water partition coefficient (Wildman–Crippen LogP) is 2.70.